The van der Waals surface area contributed by atoms with Crippen LogP contribution in [0.2, 0.25) is 0 Å². The lowest BCUT2D eigenvalue weighted by Gasteiger charge is -2.14. The van der Waals surface area contributed by atoms with E-state index in [1.807, 2.05) is 6.08 Å². The van der Waals surface area contributed by atoms with E-state index in [4.69, 9.17) is 14.9 Å². The van der Waals surface area contributed by atoms with E-state index in [-0.39, 0.29) is 32.4 Å². The molecule has 0 aromatic heterocycles. The molecule has 3 N–H and O–H groups in total. The molecule has 0 heterocycles. The van der Waals surface area contributed by atoms with Crippen LogP contribution in [0, 0.1) is 0 Å². The minimum absolute atomic E-state index is 0.0962. The van der Waals surface area contributed by atoms with Crippen LogP contribution in [-0.2, 0) is 19.1 Å². The average molecular weight is 476 g/mol. The molecule has 0 amide bonds. The number of carboxylic acids is 2. The molecule has 190 valence electrons. The Bertz CT molecular complexity index is 706. The van der Waals surface area contributed by atoms with Crippen molar-refractivity contribution in [3.63, 3.8) is 0 Å². The number of nitrogens with one attached hydrogen (secondary N) is 1. The topological polar surface area (TPSA) is 113 Å². The van der Waals surface area contributed by atoms with Crippen molar-refractivity contribution in [1.82, 2.24) is 5.32 Å². The van der Waals surface area contributed by atoms with Crippen molar-refractivity contribution in [1.29, 1.82) is 0 Å². The summed E-state index contributed by atoms with van der Waals surface area (Å²) < 4.78 is 5.00. The Morgan fingerprint density at radius 3 is 1.79 bits per heavy atom. The van der Waals surface area contributed by atoms with Gasteiger partial charge < -0.3 is 14.9 Å². The Balaban J connectivity index is 3.74. The second-order valence-corrected chi connectivity index (χ2v) is 7.64. The van der Waals surface area contributed by atoms with Gasteiger partial charge in [-0.25, -0.2) is 0 Å². The number of allylic oxidation sites excluding steroid dienone is 10. The first-order chi connectivity index (χ1) is 16.5. The van der Waals surface area contributed by atoms with Gasteiger partial charge in [-0.1, -0.05) is 67.7 Å². The van der Waals surface area contributed by atoms with Crippen LogP contribution in [0.3, 0.4) is 0 Å². The van der Waals surface area contributed by atoms with Crippen LogP contribution in [-0.4, -0.2) is 40.9 Å². The van der Waals surface area contributed by atoms with E-state index in [1.54, 1.807) is 0 Å². The van der Waals surface area contributed by atoms with E-state index >= 15 is 0 Å². The minimum Gasteiger partial charge on any atom is -0.481 e. The number of carbonyl (C=O) groups is 3. The number of hydrogen-bond donors (Lipinski definition) is 3. The normalized spacial score (nSPS) is 13.1. The summed E-state index contributed by atoms with van der Waals surface area (Å²) >= 11 is 0. The molecule has 1 unspecified atom stereocenters. The fourth-order valence-corrected chi connectivity index (χ4v) is 2.80. The predicted octanol–water partition coefficient (Wildman–Crippen LogP) is 5.71. The summed E-state index contributed by atoms with van der Waals surface area (Å²) in [6.45, 7) is 1.93. The molecule has 1 atom stereocenters. The molecule has 0 fully saturated rings. The fraction of sp³-hybridized carbons (Fsp3) is 0.519. The number of carboxylic acid groups (broad SMARTS) is 2. The summed E-state index contributed by atoms with van der Waals surface area (Å²) in [6.07, 6.45) is 28.1. The van der Waals surface area contributed by atoms with Crippen molar-refractivity contribution >= 4 is 17.9 Å². The molecule has 34 heavy (non-hydrogen) atoms. The third-order valence-corrected chi connectivity index (χ3v) is 4.65. The summed E-state index contributed by atoms with van der Waals surface area (Å²) in [4.78, 5) is 33.3. The Morgan fingerprint density at radius 2 is 1.29 bits per heavy atom. The highest BCUT2D eigenvalue weighted by Crippen LogP contribution is 2.03. The molecule has 0 radical (unpaired) electrons. The lowest BCUT2D eigenvalue weighted by Crippen LogP contribution is -2.38. The van der Waals surface area contributed by atoms with Crippen LogP contribution in [0.4, 0.5) is 0 Å². The molecule has 0 aliphatic carbocycles. The standard InChI is InChI=1S/C27H41NO6/c1-2-3-4-5-6-7-8-9-10-11-12-13-14-15-16-17-18-22-26(31)34-23-28-24(27(32)33)20-19-21-25(29)30/h3-4,6-7,9-10,12-13,15-16,24,28H,2,5,8,11,14,17-23H2,1H3,(H,29,30)(H,32,33). The van der Waals surface area contributed by atoms with E-state index in [0.29, 0.717) is 6.42 Å². The summed E-state index contributed by atoms with van der Waals surface area (Å²) in [5.74, 6) is -2.46. The quantitative estimate of drug-likeness (QED) is 0.0844. The molecular weight excluding hydrogens is 434 g/mol. The van der Waals surface area contributed by atoms with Crippen molar-refractivity contribution < 1.29 is 29.3 Å². The first kappa shape index (κ1) is 31.1. The molecule has 0 aromatic rings. The highest BCUT2D eigenvalue weighted by molar-refractivity contribution is 5.73. The average Bonchev–Trinajstić information content (AvgIpc) is 2.79. The van der Waals surface area contributed by atoms with E-state index < -0.39 is 23.9 Å². The maximum Gasteiger partial charge on any atom is 0.320 e. The number of esters is 1. The summed E-state index contributed by atoms with van der Waals surface area (Å²) in [7, 11) is 0. The van der Waals surface area contributed by atoms with E-state index in [1.165, 1.54) is 0 Å². The number of hydrogen-bond acceptors (Lipinski definition) is 5. The van der Waals surface area contributed by atoms with Gasteiger partial charge >= 0.3 is 17.9 Å². The Kier molecular flexibility index (Phi) is 21.2. The van der Waals surface area contributed by atoms with Crippen LogP contribution >= 0.6 is 0 Å². The third-order valence-electron chi connectivity index (χ3n) is 4.65. The molecule has 0 aliphatic heterocycles. The summed E-state index contributed by atoms with van der Waals surface area (Å²) in [6, 6.07) is -0.937. The fourth-order valence-electron chi connectivity index (χ4n) is 2.80. The number of aliphatic carboxylic acids is 2. The van der Waals surface area contributed by atoms with Gasteiger partial charge in [0.05, 0.1) is 0 Å². The van der Waals surface area contributed by atoms with Crippen molar-refractivity contribution in [2.75, 3.05) is 6.73 Å². The lowest BCUT2D eigenvalue weighted by molar-refractivity contribution is -0.147. The molecule has 0 saturated carbocycles. The number of rotatable bonds is 21. The highest BCUT2D eigenvalue weighted by Gasteiger charge is 2.17. The Hall–Kier alpha value is -2.93. The molecule has 0 aromatic carbocycles. The predicted molar refractivity (Wildman–Crippen MR) is 135 cm³/mol. The maximum absolute atomic E-state index is 11.7. The molecule has 7 nitrogen and oxygen atoms in total. The molecule has 0 saturated heterocycles. The van der Waals surface area contributed by atoms with Gasteiger partial charge in [-0.05, 0) is 57.8 Å². The van der Waals surface area contributed by atoms with Crippen LogP contribution in [0.15, 0.2) is 60.8 Å². The van der Waals surface area contributed by atoms with Crippen molar-refractivity contribution in [3.05, 3.63) is 60.8 Å². The number of unbranched alkanes of at least 4 members (excludes halogenated alkanes) is 1. The monoisotopic (exact) mass is 475 g/mol. The van der Waals surface area contributed by atoms with Gasteiger partial charge in [-0.15, -0.1) is 0 Å². The van der Waals surface area contributed by atoms with Gasteiger partial charge in [0.1, 0.15) is 12.8 Å². The third kappa shape index (κ3) is 22.3. The van der Waals surface area contributed by atoms with E-state index in [0.717, 1.165) is 38.5 Å². The second kappa shape index (κ2) is 23.2. The van der Waals surface area contributed by atoms with Gasteiger partial charge in [0.2, 0.25) is 0 Å². The zero-order chi connectivity index (χ0) is 25.3. The molecular formula is C27H41NO6. The smallest absolute Gasteiger partial charge is 0.320 e. The Morgan fingerprint density at radius 1 is 0.765 bits per heavy atom. The number of carbonyl (C=O) groups excluding carboxylic acids is 1. The SMILES string of the molecule is CCC=CCC=CCC=CCC=CCC=CCCCC(=O)OCNC(CCCC(=O)O)C(=O)O. The lowest BCUT2D eigenvalue weighted by atomic mass is 10.1. The minimum atomic E-state index is -1.10. The molecule has 0 rings (SSSR count). The van der Waals surface area contributed by atoms with Gasteiger partial charge in [0.25, 0.3) is 0 Å². The van der Waals surface area contributed by atoms with Gasteiger partial charge in [0, 0.05) is 12.8 Å². The zero-order valence-corrected chi connectivity index (χ0v) is 20.4. The largest absolute Gasteiger partial charge is 0.481 e. The first-order valence-corrected chi connectivity index (χ1v) is 12.1. The van der Waals surface area contributed by atoms with Crippen molar-refractivity contribution in [3.8, 4) is 0 Å². The molecule has 0 bridgehead atoms. The van der Waals surface area contributed by atoms with Crippen LogP contribution < -0.4 is 5.32 Å². The van der Waals surface area contributed by atoms with Gasteiger partial charge in [0.15, 0.2) is 0 Å². The summed E-state index contributed by atoms with van der Waals surface area (Å²) in [5.41, 5.74) is 0. The molecule has 0 spiro atoms. The van der Waals surface area contributed by atoms with E-state index in [9.17, 15) is 14.4 Å². The molecule has 7 heteroatoms. The zero-order valence-electron chi connectivity index (χ0n) is 20.4. The van der Waals surface area contributed by atoms with Crippen LogP contribution in [0.5, 0.6) is 0 Å². The van der Waals surface area contributed by atoms with E-state index in [2.05, 4.69) is 66.9 Å². The van der Waals surface area contributed by atoms with Gasteiger partial charge in [-0.3, -0.25) is 19.7 Å². The first-order valence-electron chi connectivity index (χ1n) is 12.1. The van der Waals surface area contributed by atoms with Crippen molar-refractivity contribution in [2.45, 2.75) is 83.6 Å². The highest BCUT2D eigenvalue weighted by atomic mass is 16.5. The number of ether oxygens (including phenoxy) is 1. The Labute approximate surface area is 204 Å². The van der Waals surface area contributed by atoms with Crippen LogP contribution in [0.25, 0.3) is 0 Å². The second-order valence-electron chi connectivity index (χ2n) is 7.64. The van der Waals surface area contributed by atoms with Gasteiger partial charge in [-0.2, -0.15) is 0 Å². The maximum atomic E-state index is 11.7. The van der Waals surface area contributed by atoms with Crippen molar-refractivity contribution in [2.24, 2.45) is 0 Å². The van der Waals surface area contributed by atoms with Crippen LogP contribution in [0.1, 0.15) is 77.6 Å². The molecule has 0 aliphatic rings. The summed E-state index contributed by atoms with van der Waals surface area (Å²) in [5, 5.41) is 20.3.